The summed E-state index contributed by atoms with van der Waals surface area (Å²) in [7, 11) is 0. The number of hydrogen-bond acceptors (Lipinski definition) is 6. The SMILES string of the molecule is N#Cc1cn(-c2ncc(C(N)=O)c(N)n2)nc1-c1ccc(Cl)cc1. The van der Waals surface area contributed by atoms with Crippen LogP contribution in [0.3, 0.4) is 0 Å². The van der Waals surface area contributed by atoms with Crippen molar-refractivity contribution >= 4 is 23.3 Å². The van der Waals surface area contributed by atoms with Gasteiger partial charge in [-0.1, -0.05) is 23.7 Å². The number of rotatable bonds is 3. The summed E-state index contributed by atoms with van der Waals surface area (Å²) < 4.78 is 1.31. The summed E-state index contributed by atoms with van der Waals surface area (Å²) >= 11 is 5.87. The van der Waals surface area contributed by atoms with Crippen molar-refractivity contribution in [2.45, 2.75) is 0 Å². The normalized spacial score (nSPS) is 10.3. The summed E-state index contributed by atoms with van der Waals surface area (Å²) in [5, 5.41) is 14.2. The molecule has 0 spiro atoms. The first kappa shape index (κ1) is 15.5. The number of nitrogen functional groups attached to an aromatic ring is 1. The Kier molecular flexibility index (Phi) is 3.85. The summed E-state index contributed by atoms with van der Waals surface area (Å²) in [6.07, 6.45) is 2.69. The molecular formula is C15H10ClN7O. The van der Waals surface area contributed by atoms with Crippen LogP contribution in [0.4, 0.5) is 5.82 Å². The zero-order valence-corrected chi connectivity index (χ0v) is 12.9. The smallest absolute Gasteiger partial charge is 0.254 e. The van der Waals surface area contributed by atoms with Crippen LogP contribution >= 0.6 is 11.6 Å². The van der Waals surface area contributed by atoms with Gasteiger partial charge in [-0.25, -0.2) is 9.67 Å². The molecule has 8 nitrogen and oxygen atoms in total. The number of halogens is 1. The molecule has 0 saturated heterocycles. The predicted octanol–water partition coefficient (Wildman–Crippen LogP) is 1.54. The number of amides is 1. The molecule has 0 aliphatic heterocycles. The average Bonchev–Trinajstić information content (AvgIpc) is 2.99. The van der Waals surface area contributed by atoms with E-state index in [1.165, 1.54) is 17.1 Å². The summed E-state index contributed by atoms with van der Waals surface area (Å²) in [5.74, 6) is -0.664. The monoisotopic (exact) mass is 339 g/mol. The highest BCUT2D eigenvalue weighted by molar-refractivity contribution is 6.30. The molecule has 9 heteroatoms. The standard InChI is InChI=1S/C15H10ClN7O/c16-10-3-1-8(2-4-10)12-9(5-17)7-23(22-12)15-20-6-11(14(19)24)13(18)21-15/h1-4,6-7H,(H2,19,24)(H2,18,20,21). The molecule has 0 unspecified atom stereocenters. The third-order valence-electron chi connectivity index (χ3n) is 3.23. The second-order valence-corrected chi connectivity index (χ2v) is 5.22. The first-order valence-corrected chi connectivity index (χ1v) is 7.06. The topological polar surface area (TPSA) is 136 Å². The van der Waals surface area contributed by atoms with E-state index in [-0.39, 0.29) is 17.3 Å². The first-order valence-electron chi connectivity index (χ1n) is 6.68. The second-order valence-electron chi connectivity index (χ2n) is 4.79. The molecule has 1 aromatic carbocycles. The summed E-state index contributed by atoms with van der Waals surface area (Å²) in [5.41, 5.74) is 12.4. The second kappa shape index (κ2) is 5.98. The van der Waals surface area contributed by atoms with Crippen molar-refractivity contribution in [1.82, 2.24) is 19.7 Å². The Hall–Kier alpha value is -3.44. The molecule has 0 atom stereocenters. The van der Waals surface area contributed by atoms with Crippen molar-refractivity contribution in [2.75, 3.05) is 5.73 Å². The van der Waals surface area contributed by atoms with E-state index in [4.69, 9.17) is 23.1 Å². The zero-order valence-electron chi connectivity index (χ0n) is 12.1. The van der Waals surface area contributed by atoms with Crippen molar-refractivity contribution in [2.24, 2.45) is 5.73 Å². The van der Waals surface area contributed by atoms with Crippen LogP contribution in [0.1, 0.15) is 15.9 Å². The number of hydrogen-bond donors (Lipinski definition) is 2. The number of benzene rings is 1. The Bertz CT molecular complexity index is 972. The lowest BCUT2D eigenvalue weighted by molar-refractivity contribution is 0.100. The van der Waals surface area contributed by atoms with Crippen molar-refractivity contribution < 1.29 is 4.79 Å². The molecule has 2 aromatic heterocycles. The van der Waals surface area contributed by atoms with E-state index in [1.54, 1.807) is 24.3 Å². The van der Waals surface area contributed by atoms with Crippen LogP contribution in [0.2, 0.25) is 5.02 Å². The van der Waals surface area contributed by atoms with Crippen molar-refractivity contribution in [3.05, 3.63) is 52.8 Å². The van der Waals surface area contributed by atoms with E-state index in [9.17, 15) is 10.1 Å². The lowest BCUT2D eigenvalue weighted by Crippen LogP contribution is -2.16. The quantitative estimate of drug-likeness (QED) is 0.742. The number of primary amides is 1. The minimum Gasteiger partial charge on any atom is -0.383 e. The number of nitrogens with zero attached hydrogens (tertiary/aromatic N) is 5. The van der Waals surface area contributed by atoms with Crippen LogP contribution in [-0.4, -0.2) is 25.7 Å². The lowest BCUT2D eigenvalue weighted by atomic mass is 10.1. The highest BCUT2D eigenvalue weighted by atomic mass is 35.5. The largest absolute Gasteiger partial charge is 0.383 e. The van der Waals surface area contributed by atoms with Crippen LogP contribution < -0.4 is 11.5 Å². The molecule has 0 aliphatic rings. The highest BCUT2D eigenvalue weighted by Crippen LogP contribution is 2.24. The molecule has 0 radical (unpaired) electrons. The van der Waals surface area contributed by atoms with Gasteiger partial charge in [-0.2, -0.15) is 15.3 Å². The number of carbonyl (C=O) groups excluding carboxylic acids is 1. The molecule has 4 N–H and O–H groups in total. The molecule has 3 rings (SSSR count). The molecule has 3 aromatic rings. The fourth-order valence-corrected chi connectivity index (χ4v) is 2.19. The van der Waals surface area contributed by atoms with E-state index in [1.807, 2.05) is 0 Å². The van der Waals surface area contributed by atoms with E-state index in [2.05, 4.69) is 21.1 Å². The van der Waals surface area contributed by atoms with Gasteiger partial charge in [-0.15, -0.1) is 0 Å². The minimum atomic E-state index is -0.723. The van der Waals surface area contributed by atoms with Gasteiger partial charge in [0.25, 0.3) is 11.9 Å². The maximum atomic E-state index is 11.2. The molecule has 1 amide bonds. The van der Waals surface area contributed by atoms with Crippen LogP contribution in [0.25, 0.3) is 17.2 Å². The van der Waals surface area contributed by atoms with Crippen molar-refractivity contribution in [3.63, 3.8) is 0 Å². The lowest BCUT2D eigenvalue weighted by Gasteiger charge is -2.03. The van der Waals surface area contributed by atoms with E-state index < -0.39 is 5.91 Å². The Morgan fingerprint density at radius 2 is 2.00 bits per heavy atom. The number of aromatic nitrogens is 4. The van der Waals surface area contributed by atoms with Gasteiger partial charge in [0.05, 0.1) is 17.3 Å². The minimum absolute atomic E-state index is 0.0179. The third-order valence-corrected chi connectivity index (χ3v) is 3.48. The van der Waals surface area contributed by atoms with E-state index in [0.29, 0.717) is 16.3 Å². The molecule has 118 valence electrons. The maximum absolute atomic E-state index is 11.2. The van der Waals surface area contributed by atoms with Gasteiger partial charge in [0, 0.05) is 16.8 Å². The Morgan fingerprint density at radius 1 is 1.29 bits per heavy atom. The van der Waals surface area contributed by atoms with Crippen molar-refractivity contribution in [3.8, 4) is 23.3 Å². The van der Waals surface area contributed by atoms with Crippen molar-refractivity contribution in [1.29, 1.82) is 5.26 Å². The van der Waals surface area contributed by atoms with Crippen LogP contribution in [-0.2, 0) is 0 Å². The predicted molar refractivity (Wildman–Crippen MR) is 87.2 cm³/mol. The van der Waals surface area contributed by atoms with Gasteiger partial charge < -0.3 is 11.5 Å². The van der Waals surface area contributed by atoms with E-state index in [0.717, 1.165) is 5.56 Å². The van der Waals surface area contributed by atoms with Crippen LogP contribution in [0.5, 0.6) is 0 Å². The average molecular weight is 340 g/mol. The van der Waals surface area contributed by atoms with Crippen LogP contribution in [0.15, 0.2) is 36.7 Å². The highest BCUT2D eigenvalue weighted by Gasteiger charge is 2.15. The third kappa shape index (κ3) is 2.76. The van der Waals surface area contributed by atoms with E-state index >= 15 is 0 Å². The van der Waals surface area contributed by atoms with Gasteiger partial charge in [-0.3, -0.25) is 4.79 Å². The Labute approximate surface area is 141 Å². The number of nitriles is 1. The summed E-state index contributed by atoms with van der Waals surface area (Å²) in [6, 6.07) is 8.97. The maximum Gasteiger partial charge on any atom is 0.254 e. The van der Waals surface area contributed by atoms with Gasteiger partial charge >= 0.3 is 0 Å². The molecule has 2 heterocycles. The number of carbonyl (C=O) groups is 1. The van der Waals surface area contributed by atoms with Gasteiger partial charge in [0.15, 0.2) is 0 Å². The summed E-state index contributed by atoms with van der Waals surface area (Å²) in [4.78, 5) is 19.2. The summed E-state index contributed by atoms with van der Waals surface area (Å²) in [6.45, 7) is 0. The first-order chi connectivity index (χ1) is 11.5. The molecule has 24 heavy (non-hydrogen) atoms. The number of anilines is 1. The van der Waals surface area contributed by atoms with Gasteiger partial charge in [0.1, 0.15) is 17.6 Å². The zero-order chi connectivity index (χ0) is 17.3. The fraction of sp³-hybridized carbons (Fsp3) is 0. The Balaban J connectivity index is 2.08. The van der Waals surface area contributed by atoms with Gasteiger partial charge in [0.2, 0.25) is 0 Å². The molecule has 0 saturated carbocycles. The molecule has 0 aliphatic carbocycles. The molecule has 0 bridgehead atoms. The Morgan fingerprint density at radius 3 is 2.58 bits per heavy atom. The molecular weight excluding hydrogens is 330 g/mol. The fourth-order valence-electron chi connectivity index (χ4n) is 2.06. The van der Waals surface area contributed by atoms with Crippen LogP contribution in [0, 0.1) is 11.3 Å². The number of nitrogens with two attached hydrogens (primary N) is 2. The molecule has 0 fully saturated rings. The van der Waals surface area contributed by atoms with Gasteiger partial charge in [-0.05, 0) is 12.1 Å².